The molecule has 0 N–H and O–H groups in total. The van der Waals surface area contributed by atoms with Gasteiger partial charge in [-0.3, -0.25) is 0 Å². The number of unbranched alkanes of at least 4 members (excludes halogenated alkanes) is 1. The lowest BCUT2D eigenvalue weighted by molar-refractivity contribution is 0.407. The Kier molecular flexibility index (Phi) is 4.03. The van der Waals surface area contributed by atoms with E-state index in [0.29, 0.717) is 6.04 Å². The van der Waals surface area contributed by atoms with Gasteiger partial charge >= 0.3 is 0 Å². The first kappa shape index (κ1) is 11.7. The van der Waals surface area contributed by atoms with Crippen molar-refractivity contribution in [2.75, 3.05) is 0 Å². The van der Waals surface area contributed by atoms with Gasteiger partial charge in [-0.05, 0) is 25.7 Å². The van der Waals surface area contributed by atoms with Crippen molar-refractivity contribution < 1.29 is 0 Å². The number of hydrogen-bond donors (Lipinski definition) is 0. The second-order valence-electron chi connectivity index (χ2n) is 5.08. The van der Waals surface area contributed by atoms with Crippen LogP contribution in [0.25, 0.3) is 0 Å². The molecule has 0 aliphatic heterocycles. The molecular formula is C14H24N2. The summed E-state index contributed by atoms with van der Waals surface area (Å²) in [4.78, 5) is 4.36. The summed E-state index contributed by atoms with van der Waals surface area (Å²) in [5.41, 5.74) is 1.49. The molecule has 0 aromatic carbocycles. The molecule has 1 fully saturated rings. The lowest BCUT2D eigenvalue weighted by atomic mass is 10.0. The summed E-state index contributed by atoms with van der Waals surface area (Å²) in [7, 11) is 0. The minimum absolute atomic E-state index is 0.697. The third-order valence-corrected chi connectivity index (χ3v) is 3.60. The van der Waals surface area contributed by atoms with Gasteiger partial charge in [-0.15, -0.1) is 0 Å². The molecule has 16 heavy (non-hydrogen) atoms. The smallest absolute Gasteiger partial charge is 0.0950 e. The van der Waals surface area contributed by atoms with E-state index in [0.717, 1.165) is 5.92 Å². The quantitative estimate of drug-likeness (QED) is 0.670. The van der Waals surface area contributed by atoms with Crippen molar-refractivity contribution in [1.29, 1.82) is 0 Å². The summed E-state index contributed by atoms with van der Waals surface area (Å²) >= 11 is 0. The zero-order valence-corrected chi connectivity index (χ0v) is 10.7. The molecule has 1 heterocycles. The van der Waals surface area contributed by atoms with Gasteiger partial charge in [0.25, 0.3) is 0 Å². The molecule has 1 aliphatic rings. The van der Waals surface area contributed by atoms with Crippen molar-refractivity contribution in [3.8, 4) is 0 Å². The fourth-order valence-corrected chi connectivity index (χ4v) is 2.51. The highest BCUT2D eigenvalue weighted by Gasteiger charge is 2.28. The van der Waals surface area contributed by atoms with Gasteiger partial charge in [-0.1, -0.05) is 33.1 Å². The Morgan fingerprint density at radius 1 is 1.31 bits per heavy atom. The van der Waals surface area contributed by atoms with Crippen LogP contribution in [0.5, 0.6) is 0 Å². The second-order valence-corrected chi connectivity index (χ2v) is 5.08. The van der Waals surface area contributed by atoms with Crippen molar-refractivity contribution in [2.45, 2.75) is 70.8 Å². The molecule has 0 bridgehead atoms. The highest BCUT2D eigenvalue weighted by atomic mass is 15.1. The molecule has 2 nitrogen and oxygen atoms in total. The largest absolute Gasteiger partial charge is 0.331 e. The van der Waals surface area contributed by atoms with Crippen LogP contribution in [0, 0.1) is 0 Å². The van der Waals surface area contributed by atoms with Gasteiger partial charge in [0, 0.05) is 23.9 Å². The summed E-state index contributed by atoms with van der Waals surface area (Å²) in [6, 6.07) is 0.697. The van der Waals surface area contributed by atoms with Crippen LogP contribution in [-0.2, 0) is 0 Å². The molecule has 1 saturated carbocycles. The van der Waals surface area contributed by atoms with Crippen LogP contribution >= 0.6 is 0 Å². The summed E-state index contributed by atoms with van der Waals surface area (Å²) in [6.45, 7) is 4.56. The lowest BCUT2D eigenvalue weighted by Gasteiger charge is -2.20. The Bertz CT molecular complexity index is 312. The fourth-order valence-electron chi connectivity index (χ4n) is 2.51. The standard InChI is InChI=1S/C14H24N2/c1-3-5-7-13(6-4-2)16-11-15-10-14(16)12-8-9-12/h10-13H,3-9H2,1-2H3. The molecule has 1 atom stereocenters. The molecule has 2 rings (SSSR count). The summed E-state index contributed by atoms with van der Waals surface area (Å²) in [5.74, 6) is 0.823. The van der Waals surface area contributed by atoms with Gasteiger partial charge in [0.2, 0.25) is 0 Å². The van der Waals surface area contributed by atoms with Crippen molar-refractivity contribution in [1.82, 2.24) is 9.55 Å². The molecule has 1 aromatic rings. The van der Waals surface area contributed by atoms with Crippen LogP contribution in [-0.4, -0.2) is 9.55 Å². The average molecular weight is 220 g/mol. The van der Waals surface area contributed by atoms with E-state index >= 15 is 0 Å². The second kappa shape index (κ2) is 5.51. The van der Waals surface area contributed by atoms with E-state index < -0.39 is 0 Å². The van der Waals surface area contributed by atoms with E-state index in [1.807, 2.05) is 0 Å². The Hall–Kier alpha value is -0.790. The SMILES string of the molecule is CCCCC(CCC)n1cncc1C1CC1. The lowest BCUT2D eigenvalue weighted by Crippen LogP contribution is -2.10. The van der Waals surface area contributed by atoms with Crippen molar-refractivity contribution in [3.63, 3.8) is 0 Å². The molecule has 1 unspecified atom stereocenters. The molecule has 2 heteroatoms. The highest BCUT2D eigenvalue weighted by molar-refractivity contribution is 5.13. The Balaban J connectivity index is 2.06. The highest BCUT2D eigenvalue weighted by Crippen LogP contribution is 2.41. The molecule has 0 spiro atoms. The Morgan fingerprint density at radius 3 is 2.75 bits per heavy atom. The van der Waals surface area contributed by atoms with Gasteiger partial charge in [0.1, 0.15) is 0 Å². The summed E-state index contributed by atoms with van der Waals surface area (Å²) < 4.78 is 2.47. The van der Waals surface area contributed by atoms with Crippen molar-refractivity contribution in [3.05, 3.63) is 18.2 Å². The zero-order valence-electron chi connectivity index (χ0n) is 10.7. The van der Waals surface area contributed by atoms with Crippen molar-refractivity contribution >= 4 is 0 Å². The number of aromatic nitrogens is 2. The number of imidazole rings is 1. The van der Waals surface area contributed by atoms with Gasteiger partial charge < -0.3 is 4.57 Å². The molecular weight excluding hydrogens is 196 g/mol. The molecule has 0 amide bonds. The minimum Gasteiger partial charge on any atom is -0.331 e. The predicted molar refractivity (Wildman–Crippen MR) is 67.7 cm³/mol. The predicted octanol–water partition coefficient (Wildman–Crippen LogP) is 4.29. The molecule has 1 aliphatic carbocycles. The van der Waals surface area contributed by atoms with Crippen LogP contribution in [0.1, 0.15) is 76.4 Å². The first-order valence-electron chi connectivity index (χ1n) is 6.88. The van der Waals surface area contributed by atoms with E-state index in [2.05, 4.69) is 35.9 Å². The van der Waals surface area contributed by atoms with E-state index in [1.54, 1.807) is 0 Å². The van der Waals surface area contributed by atoms with Gasteiger partial charge in [-0.2, -0.15) is 0 Å². The van der Waals surface area contributed by atoms with E-state index in [-0.39, 0.29) is 0 Å². The van der Waals surface area contributed by atoms with Crippen LogP contribution in [0.4, 0.5) is 0 Å². The summed E-state index contributed by atoms with van der Waals surface area (Å²) in [6.07, 6.45) is 13.4. The van der Waals surface area contributed by atoms with Crippen LogP contribution in [0.15, 0.2) is 12.5 Å². The number of hydrogen-bond acceptors (Lipinski definition) is 1. The first-order chi connectivity index (χ1) is 7.86. The monoisotopic (exact) mass is 220 g/mol. The van der Waals surface area contributed by atoms with Crippen molar-refractivity contribution in [2.24, 2.45) is 0 Å². The van der Waals surface area contributed by atoms with E-state index in [4.69, 9.17) is 0 Å². The molecule has 0 radical (unpaired) electrons. The maximum Gasteiger partial charge on any atom is 0.0950 e. The minimum atomic E-state index is 0.697. The van der Waals surface area contributed by atoms with Gasteiger partial charge in [0.15, 0.2) is 0 Å². The topological polar surface area (TPSA) is 17.8 Å². The maximum atomic E-state index is 4.36. The Morgan fingerprint density at radius 2 is 2.12 bits per heavy atom. The van der Waals surface area contributed by atoms with Gasteiger partial charge in [0.05, 0.1) is 6.33 Å². The van der Waals surface area contributed by atoms with Crippen LogP contribution < -0.4 is 0 Å². The first-order valence-corrected chi connectivity index (χ1v) is 6.88. The van der Waals surface area contributed by atoms with Crippen LogP contribution in [0.2, 0.25) is 0 Å². The summed E-state index contributed by atoms with van der Waals surface area (Å²) in [5, 5.41) is 0. The molecule has 1 aromatic heterocycles. The van der Waals surface area contributed by atoms with E-state index in [1.165, 1.54) is 50.6 Å². The maximum absolute atomic E-state index is 4.36. The Labute approximate surface area is 99.1 Å². The molecule has 0 saturated heterocycles. The average Bonchev–Trinajstić information content (AvgIpc) is 3.03. The van der Waals surface area contributed by atoms with E-state index in [9.17, 15) is 0 Å². The van der Waals surface area contributed by atoms with Crippen LogP contribution in [0.3, 0.4) is 0 Å². The number of nitrogens with zero attached hydrogens (tertiary/aromatic N) is 2. The van der Waals surface area contributed by atoms with Gasteiger partial charge in [-0.25, -0.2) is 4.98 Å². The normalized spacial score (nSPS) is 17.6. The molecule has 90 valence electrons. The fraction of sp³-hybridized carbons (Fsp3) is 0.786. The zero-order chi connectivity index (χ0) is 11.4. The third kappa shape index (κ3) is 2.66. The third-order valence-electron chi connectivity index (χ3n) is 3.60. The number of rotatable bonds is 7.